The fourth-order valence-electron chi connectivity index (χ4n) is 2.85. The first-order valence-corrected chi connectivity index (χ1v) is 7.95. The minimum Gasteiger partial charge on any atom is -0.303 e. The van der Waals surface area contributed by atoms with Crippen molar-refractivity contribution in [2.24, 2.45) is 11.8 Å². The third kappa shape index (κ3) is 3.01. The van der Waals surface area contributed by atoms with Gasteiger partial charge in [-0.2, -0.15) is 10.5 Å². The number of aldehydes is 1. The van der Waals surface area contributed by atoms with Crippen LogP contribution in [-0.2, 0) is 4.79 Å². The first kappa shape index (κ1) is 15.4. The van der Waals surface area contributed by atoms with Crippen LogP contribution in [0.2, 0.25) is 0 Å². The van der Waals surface area contributed by atoms with E-state index in [9.17, 15) is 15.3 Å². The Morgan fingerprint density at radius 1 is 1.43 bits per heavy atom. The van der Waals surface area contributed by atoms with Gasteiger partial charge in [0.1, 0.15) is 24.0 Å². The SMILES string of the molecule is CC[C@H](CC=O)[C@@H]1CSc2ccccc2C1=C(C#N)C#N. The molecule has 0 unspecified atom stereocenters. The summed E-state index contributed by atoms with van der Waals surface area (Å²) in [4.78, 5) is 12.0. The summed E-state index contributed by atoms with van der Waals surface area (Å²) in [5.41, 5.74) is 1.97. The van der Waals surface area contributed by atoms with E-state index in [1.165, 1.54) is 0 Å². The van der Waals surface area contributed by atoms with Crippen LogP contribution in [0.25, 0.3) is 5.57 Å². The van der Waals surface area contributed by atoms with Crippen LogP contribution in [0.15, 0.2) is 34.7 Å². The molecule has 0 aliphatic carbocycles. The molecule has 106 valence electrons. The third-order valence-electron chi connectivity index (χ3n) is 3.95. The number of thioether (sulfide) groups is 1. The number of nitrogens with zero attached hydrogens (tertiary/aromatic N) is 2. The summed E-state index contributed by atoms with van der Waals surface area (Å²) in [7, 11) is 0. The lowest BCUT2D eigenvalue weighted by atomic mass is 9.78. The van der Waals surface area contributed by atoms with Gasteiger partial charge in [0.25, 0.3) is 0 Å². The predicted octanol–water partition coefficient (Wildman–Crippen LogP) is 3.82. The summed E-state index contributed by atoms with van der Waals surface area (Å²) >= 11 is 1.74. The Hall–Kier alpha value is -2.04. The normalized spacial score (nSPS) is 18.0. The van der Waals surface area contributed by atoms with Gasteiger partial charge < -0.3 is 4.79 Å². The molecule has 21 heavy (non-hydrogen) atoms. The maximum Gasteiger partial charge on any atom is 0.133 e. The van der Waals surface area contributed by atoms with E-state index in [0.29, 0.717) is 6.42 Å². The van der Waals surface area contributed by atoms with Gasteiger partial charge in [-0.25, -0.2) is 0 Å². The lowest BCUT2D eigenvalue weighted by Gasteiger charge is -2.32. The van der Waals surface area contributed by atoms with Gasteiger partial charge in [0.15, 0.2) is 0 Å². The van der Waals surface area contributed by atoms with Crippen LogP contribution in [0, 0.1) is 34.5 Å². The second-order valence-corrected chi connectivity index (χ2v) is 6.06. The predicted molar refractivity (Wildman–Crippen MR) is 83.3 cm³/mol. The molecule has 0 spiro atoms. The highest BCUT2D eigenvalue weighted by molar-refractivity contribution is 7.99. The monoisotopic (exact) mass is 296 g/mol. The highest BCUT2D eigenvalue weighted by atomic mass is 32.2. The molecule has 1 aliphatic heterocycles. The summed E-state index contributed by atoms with van der Waals surface area (Å²) in [5, 5.41) is 18.6. The fraction of sp³-hybridized carbons (Fsp3) is 0.353. The van der Waals surface area contributed by atoms with Crippen LogP contribution >= 0.6 is 11.8 Å². The molecular weight excluding hydrogens is 280 g/mol. The molecule has 0 amide bonds. The van der Waals surface area contributed by atoms with E-state index < -0.39 is 0 Å². The summed E-state index contributed by atoms with van der Waals surface area (Å²) in [6.07, 6.45) is 2.27. The minimum atomic E-state index is 0.0781. The van der Waals surface area contributed by atoms with E-state index in [1.807, 2.05) is 36.4 Å². The maximum atomic E-state index is 10.9. The number of allylic oxidation sites excluding steroid dienone is 2. The number of hydrogen-bond acceptors (Lipinski definition) is 4. The summed E-state index contributed by atoms with van der Waals surface area (Å²) in [6.45, 7) is 2.05. The zero-order valence-electron chi connectivity index (χ0n) is 11.9. The van der Waals surface area contributed by atoms with Crippen molar-refractivity contribution < 1.29 is 4.79 Å². The first-order chi connectivity index (χ1) is 10.3. The van der Waals surface area contributed by atoms with Crippen molar-refractivity contribution in [3.63, 3.8) is 0 Å². The number of nitriles is 2. The van der Waals surface area contributed by atoms with E-state index in [-0.39, 0.29) is 17.4 Å². The average molecular weight is 296 g/mol. The van der Waals surface area contributed by atoms with Gasteiger partial charge in [0, 0.05) is 17.1 Å². The van der Waals surface area contributed by atoms with Gasteiger partial charge in [-0.05, 0) is 29.0 Å². The summed E-state index contributed by atoms with van der Waals surface area (Å²) in [6, 6.07) is 11.9. The lowest BCUT2D eigenvalue weighted by Crippen LogP contribution is -2.23. The van der Waals surface area contributed by atoms with E-state index in [0.717, 1.165) is 34.5 Å². The first-order valence-electron chi connectivity index (χ1n) is 6.97. The average Bonchev–Trinajstić information content (AvgIpc) is 2.54. The molecule has 1 aromatic carbocycles. The van der Waals surface area contributed by atoms with Crippen LogP contribution in [-0.4, -0.2) is 12.0 Å². The molecule has 0 saturated heterocycles. The standard InChI is InChI=1S/C17H16N2OS/c1-2-12(7-8-20)15-11-21-16-6-4-3-5-14(16)17(15)13(9-18)10-19/h3-6,8,12,15H,2,7,11H2,1H3/t12-,15+/m1/s1. The van der Waals surface area contributed by atoms with E-state index in [2.05, 4.69) is 6.92 Å². The molecule has 0 fully saturated rings. The molecule has 2 rings (SSSR count). The molecule has 0 radical (unpaired) electrons. The highest BCUT2D eigenvalue weighted by Gasteiger charge is 2.32. The lowest BCUT2D eigenvalue weighted by molar-refractivity contribution is -0.108. The van der Waals surface area contributed by atoms with Crippen molar-refractivity contribution >= 4 is 23.6 Å². The van der Waals surface area contributed by atoms with Crippen molar-refractivity contribution in [2.75, 3.05) is 5.75 Å². The zero-order chi connectivity index (χ0) is 15.2. The molecule has 2 atom stereocenters. The Bertz CT molecular complexity index is 635. The van der Waals surface area contributed by atoms with Crippen LogP contribution in [0.3, 0.4) is 0 Å². The van der Waals surface area contributed by atoms with Crippen molar-refractivity contribution in [3.05, 3.63) is 35.4 Å². The minimum absolute atomic E-state index is 0.0781. The van der Waals surface area contributed by atoms with Gasteiger partial charge in [-0.15, -0.1) is 11.8 Å². The third-order valence-corrected chi connectivity index (χ3v) is 5.14. The number of hydrogen-bond donors (Lipinski definition) is 0. The fourth-order valence-corrected chi connectivity index (χ4v) is 4.16. The maximum absolute atomic E-state index is 10.9. The molecule has 0 bridgehead atoms. The zero-order valence-corrected chi connectivity index (χ0v) is 12.7. The van der Waals surface area contributed by atoms with Crippen molar-refractivity contribution in [1.29, 1.82) is 10.5 Å². The number of carbonyl (C=O) groups excluding carboxylic acids is 1. The second kappa shape index (κ2) is 7.11. The number of benzene rings is 1. The Balaban J connectivity index is 2.59. The van der Waals surface area contributed by atoms with E-state index in [1.54, 1.807) is 11.8 Å². The van der Waals surface area contributed by atoms with Gasteiger partial charge in [-0.1, -0.05) is 31.5 Å². The van der Waals surface area contributed by atoms with Crippen LogP contribution < -0.4 is 0 Å². The van der Waals surface area contributed by atoms with Crippen molar-refractivity contribution in [1.82, 2.24) is 0 Å². The molecule has 0 aromatic heterocycles. The number of fused-ring (bicyclic) bond motifs is 1. The second-order valence-electron chi connectivity index (χ2n) is 5.00. The molecule has 1 aliphatic rings. The molecule has 1 heterocycles. The van der Waals surface area contributed by atoms with Crippen molar-refractivity contribution in [2.45, 2.75) is 24.7 Å². The quantitative estimate of drug-likeness (QED) is 0.625. The molecule has 1 aromatic rings. The molecular formula is C17H16N2OS. The molecule has 3 nitrogen and oxygen atoms in total. The molecule has 4 heteroatoms. The van der Waals surface area contributed by atoms with E-state index in [4.69, 9.17) is 0 Å². The highest BCUT2D eigenvalue weighted by Crippen LogP contribution is 2.46. The van der Waals surface area contributed by atoms with Gasteiger partial charge in [0.2, 0.25) is 0 Å². The topological polar surface area (TPSA) is 64.7 Å². The van der Waals surface area contributed by atoms with Gasteiger partial charge in [-0.3, -0.25) is 0 Å². The van der Waals surface area contributed by atoms with Crippen LogP contribution in [0.4, 0.5) is 0 Å². The smallest absolute Gasteiger partial charge is 0.133 e. The number of rotatable bonds is 4. The Morgan fingerprint density at radius 2 is 2.14 bits per heavy atom. The number of carbonyl (C=O) groups is 1. The van der Waals surface area contributed by atoms with Crippen LogP contribution in [0.5, 0.6) is 0 Å². The summed E-state index contributed by atoms with van der Waals surface area (Å²) in [5.74, 6) is 1.07. The van der Waals surface area contributed by atoms with Crippen LogP contribution in [0.1, 0.15) is 25.3 Å². The Kier molecular flexibility index (Phi) is 5.20. The van der Waals surface area contributed by atoms with Gasteiger partial charge in [0.05, 0.1) is 0 Å². The van der Waals surface area contributed by atoms with Gasteiger partial charge >= 0.3 is 0 Å². The van der Waals surface area contributed by atoms with E-state index >= 15 is 0 Å². The molecule has 0 N–H and O–H groups in total. The van der Waals surface area contributed by atoms with Crippen molar-refractivity contribution in [3.8, 4) is 12.1 Å². The largest absolute Gasteiger partial charge is 0.303 e. The summed E-state index contributed by atoms with van der Waals surface area (Å²) < 4.78 is 0. The Labute approximate surface area is 129 Å². The Morgan fingerprint density at radius 3 is 2.76 bits per heavy atom. The molecule has 0 saturated carbocycles.